The Morgan fingerprint density at radius 3 is 2.93 bits per heavy atom. The van der Waals surface area contributed by atoms with E-state index in [0.717, 1.165) is 42.1 Å². The lowest BCUT2D eigenvalue weighted by Gasteiger charge is -2.12. The number of benzene rings is 2. The van der Waals surface area contributed by atoms with E-state index in [1.54, 1.807) is 0 Å². The number of amides is 1. The van der Waals surface area contributed by atoms with Crippen LogP contribution in [0.2, 0.25) is 0 Å². The summed E-state index contributed by atoms with van der Waals surface area (Å²) < 4.78 is 16.5. The minimum Gasteiger partial charge on any atom is -0.489 e. The number of carbonyl (C=O) groups is 1. The zero-order valence-electron chi connectivity index (χ0n) is 14.9. The molecule has 0 aliphatic carbocycles. The standard InChI is InChI=1S/C20H22N2O4.ClH/c23-20(10-15-5-2-8-21-15)22-16-4-1-3-14(9-16)12-24-17-6-7-18-19(11-17)26-13-25-18;/h1,3-4,6-7,9,11,15,21H,2,5,8,10,12-13H2,(H,22,23);1H. The third kappa shape index (κ3) is 5.05. The van der Waals surface area contributed by atoms with Crippen LogP contribution in [0.4, 0.5) is 5.69 Å². The van der Waals surface area contributed by atoms with Crippen LogP contribution < -0.4 is 24.8 Å². The molecule has 7 heteroatoms. The van der Waals surface area contributed by atoms with Gasteiger partial charge in [0.05, 0.1) is 0 Å². The zero-order valence-corrected chi connectivity index (χ0v) is 15.7. The summed E-state index contributed by atoms with van der Waals surface area (Å²) in [6, 6.07) is 13.5. The Labute approximate surface area is 164 Å². The lowest BCUT2D eigenvalue weighted by atomic mass is 10.1. The number of nitrogens with one attached hydrogen (secondary N) is 2. The number of anilines is 1. The molecule has 0 radical (unpaired) electrons. The van der Waals surface area contributed by atoms with Gasteiger partial charge in [-0.05, 0) is 49.2 Å². The summed E-state index contributed by atoms with van der Waals surface area (Å²) in [6.07, 6.45) is 2.72. The second kappa shape index (κ2) is 8.97. The number of hydrogen-bond donors (Lipinski definition) is 2. The van der Waals surface area contributed by atoms with E-state index in [9.17, 15) is 4.79 Å². The van der Waals surface area contributed by atoms with Gasteiger partial charge in [-0.2, -0.15) is 0 Å². The van der Waals surface area contributed by atoms with Crippen molar-refractivity contribution in [1.82, 2.24) is 5.32 Å². The molecule has 2 aromatic carbocycles. The molecule has 1 fully saturated rings. The van der Waals surface area contributed by atoms with E-state index in [0.29, 0.717) is 24.8 Å². The lowest BCUT2D eigenvalue weighted by Crippen LogP contribution is -2.27. The molecule has 0 aromatic heterocycles. The van der Waals surface area contributed by atoms with Gasteiger partial charge in [0, 0.05) is 24.2 Å². The highest BCUT2D eigenvalue weighted by Gasteiger charge is 2.17. The van der Waals surface area contributed by atoms with Crippen LogP contribution in [0, 0.1) is 0 Å². The Bertz CT molecular complexity index is 793. The van der Waals surface area contributed by atoms with E-state index in [4.69, 9.17) is 14.2 Å². The quantitative estimate of drug-likeness (QED) is 0.790. The van der Waals surface area contributed by atoms with Crippen LogP contribution in [0.3, 0.4) is 0 Å². The van der Waals surface area contributed by atoms with Crippen LogP contribution in [0.5, 0.6) is 17.2 Å². The van der Waals surface area contributed by atoms with Crippen LogP contribution in [0.15, 0.2) is 42.5 Å². The molecule has 1 atom stereocenters. The van der Waals surface area contributed by atoms with Gasteiger partial charge in [-0.1, -0.05) is 12.1 Å². The normalized spacial score (nSPS) is 17.3. The van der Waals surface area contributed by atoms with Crippen molar-refractivity contribution >= 4 is 24.0 Å². The van der Waals surface area contributed by atoms with E-state index in [-0.39, 0.29) is 25.1 Å². The van der Waals surface area contributed by atoms with Crippen molar-refractivity contribution in [2.75, 3.05) is 18.7 Å². The van der Waals surface area contributed by atoms with Gasteiger partial charge >= 0.3 is 0 Å². The molecule has 4 rings (SSSR count). The van der Waals surface area contributed by atoms with Gasteiger partial charge in [0.25, 0.3) is 0 Å². The molecule has 2 heterocycles. The van der Waals surface area contributed by atoms with E-state index in [2.05, 4.69) is 10.6 Å². The summed E-state index contributed by atoms with van der Waals surface area (Å²) in [6.45, 7) is 1.66. The Hall–Kier alpha value is -2.44. The summed E-state index contributed by atoms with van der Waals surface area (Å²) >= 11 is 0. The molecule has 1 amide bonds. The number of fused-ring (bicyclic) bond motifs is 1. The topological polar surface area (TPSA) is 68.8 Å². The maximum absolute atomic E-state index is 12.2. The highest BCUT2D eigenvalue weighted by Crippen LogP contribution is 2.35. The molecular weight excluding hydrogens is 368 g/mol. The first kappa shape index (κ1) is 19.3. The van der Waals surface area contributed by atoms with Gasteiger partial charge in [0.1, 0.15) is 12.4 Å². The van der Waals surface area contributed by atoms with Crippen molar-refractivity contribution in [1.29, 1.82) is 0 Å². The molecule has 2 aliphatic heterocycles. The monoisotopic (exact) mass is 390 g/mol. The molecule has 144 valence electrons. The Morgan fingerprint density at radius 2 is 2.07 bits per heavy atom. The number of rotatable bonds is 6. The summed E-state index contributed by atoms with van der Waals surface area (Å²) in [7, 11) is 0. The van der Waals surface area contributed by atoms with E-state index >= 15 is 0 Å². The summed E-state index contributed by atoms with van der Waals surface area (Å²) in [5.41, 5.74) is 1.78. The molecule has 0 spiro atoms. The van der Waals surface area contributed by atoms with Gasteiger partial charge in [0.2, 0.25) is 12.7 Å². The molecule has 0 saturated carbocycles. The van der Waals surface area contributed by atoms with E-state index in [1.165, 1.54) is 0 Å². The van der Waals surface area contributed by atoms with Gasteiger partial charge in [0.15, 0.2) is 11.5 Å². The second-order valence-corrected chi connectivity index (χ2v) is 6.55. The van der Waals surface area contributed by atoms with Crippen LogP contribution in [-0.2, 0) is 11.4 Å². The predicted octanol–water partition coefficient (Wildman–Crippen LogP) is 3.50. The van der Waals surface area contributed by atoms with Crippen molar-refractivity contribution in [2.45, 2.75) is 31.9 Å². The van der Waals surface area contributed by atoms with E-state index in [1.807, 2.05) is 42.5 Å². The fraction of sp³-hybridized carbons (Fsp3) is 0.350. The number of ether oxygens (including phenoxy) is 3. The van der Waals surface area contributed by atoms with Gasteiger partial charge in [-0.25, -0.2) is 0 Å². The molecule has 6 nitrogen and oxygen atoms in total. The molecular formula is C20H23ClN2O4. The number of halogens is 1. The highest BCUT2D eigenvalue weighted by atomic mass is 35.5. The fourth-order valence-electron chi connectivity index (χ4n) is 3.24. The molecule has 2 aliphatic rings. The van der Waals surface area contributed by atoms with Crippen molar-refractivity contribution in [2.24, 2.45) is 0 Å². The number of hydrogen-bond acceptors (Lipinski definition) is 5. The van der Waals surface area contributed by atoms with E-state index < -0.39 is 0 Å². The first-order valence-electron chi connectivity index (χ1n) is 8.91. The summed E-state index contributed by atoms with van der Waals surface area (Å²) in [5, 5.41) is 6.31. The van der Waals surface area contributed by atoms with Crippen LogP contribution >= 0.6 is 12.4 Å². The summed E-state index contributed by atoms with van der Waals surface area (Å²) in [5.74, 6) is 2.19. The van der Waals surface area contributed by atoms with Crippen LogP contribution in [-0.4, -0.2) is 25.3 Å². The Kier molecular flexibility index (Phi) is 6.42. The average molecular weight is 391 g/mol. The Balaban J connectivity index is 0.00000210. The van der Waals surface area contributed by atoms with Crippen molar-refractivity contribution in [3.63, 3.8) is 0 Å². The highest BCUT2D eigenvalue weighted by molar-refractivity contribution is 5.91. The van der Waals surface area contributed by atoms with Crippen molar-refractivity contribution in [3.8, 4) is 17.2 Å². The molecule has 1 saturated heterocycles. The molecule has 2 N–H and O–H groups in total. The second-order valence-electron chi connectivity index (χ2n) is 6.55. The third-order valence-corrected chi connectivity index (χ3v) is 4.55. The van der Waals surface area contributed by atoms with Crippen molar-refractivity contribution < 1.29 is 19.0 Å². The molecule has 0 bridgehead atoms. The lowest BCUT2D eigenvalue weighted by molar-refractivity contribution is -0.116. The SMILES string of the molecule is Cl.O=C(CC1CCCN1)Nc1cccc(COc2ccc3c(c2)OCO3)c1. The predicted molar refractivity (Wildman–Crippen MR) is 105 cm³/mol. The maximum atomic E-state index is 12.2. The number of carbonyl (C=O) groups excluding carboxylic acids is 1. The fourth-order valence-corrected chi connectivity index (χ4v) is 3.24. The van der Waals surface area contributed by atoms with Crippen molar-refractivity contribution in [3.05, 3.63) is 48.0 Å². The first-order chi connectivity index (χ1) is 12.8. The zero-order chi connectivity index (χ0) is 17.8. The van der Waals surface area contributed by atoms with Gasteiger partial charge < -0.3 is 24.8 Å². The first-order valence-corrected chi connectivity index (χ1v) is 8.91. The minimum atomic E-state index is 0. The summed E-state index contributed by atoms with van der Waals surface area (Å²) in [4.78, 5) is 12.2. The maximum Gasteiger partial charge on any atom is 0.231 e. The Morgan fingerprint density at radius 1 is 1.19 bits per heavy atom. The van der Waals surface area contributed by atoms with Crippen LogP contribution in [0.1, 0.15) is 24.8 Å². The minimum absolute atomic E-state index is 0. The third-order valence-electron chi connectivity index (χ3n) is 4.55. The molecule has 2 aromatic rings. The van der Waals surface area contributed by atoms with Crippen LogP contribution in [0.25, 0.3) is 0 Å². The van der Waals surface area contributed by atoms with Gasteiger partial charge in [-0.15, -0.1) is 12.4 Å². The largest absolute Gasteiger partial charge is 0.489 e. The molecule has 27 heavy (non-hydrogen) atoms. The van der Waals surface area contributed by atoms with Gasteiger partial charge in [-0.3, -0.25) is 4.79 Å². The molecule has 1 unspecified atom stereocenters. The average Bonchev–Trinajstić information content (AvgIpc) is 3.31. The smallest absolute Gasteiger partial charge is 0.231 e.